The Labute approximate surface area is 126 Å². The molecule has 21 heavy (non-hydrogen) atoms. The largest absolute Gasteiger partial charge is 0.342 e. The van der Waals surface area contributed by atoms with Gasteiger partial charge in [0.25, 0.3) is 5.56 Å². The van der Waals surface area contributed by atoms with E-state index in [1.165, 1.54) is 6.21 Å². The standard InChI is InChI=1S/C12H10BrN5O3/c13-8-3-1-2-7(4-8)6-14-17-10(19)5-9-11(20)15-12(21)18-16-9/h1-4,6H,5H2,(H,17,19)(H2,15,18,20,21)/b14-6-. The van der Waals surface area contributed by atoms with Crippen molar-refractivity contribution < 1.29 is 4.79 Å². The summed E-state index contributed by atoms with van der Waals surface area (Å²) in [5.74, 6) is -0.522. The summed E-state index contributed by atoms with van der Waals surface area (Å²) in [6.45, 7) is 0. The highest BCUT2D eigenvalue weighted by molar-refractivity contribution is 9.10. The molecule has 0 aliphatic carbocycles. The number of aromatic nitrogens is 3. The molecular weight excluding hydrogens is 342 g/mol. The van der Waals surface area contributed by atoms with Crippen LogP contribution in [0.3, 0.4) is 0 Å². The quantitative estimate of drug-likeness (QED) is 0.526. The van der Waals surface area contributed by atoms with Crippen LogP contribution in [0.4, 0.5) is 0 Å². The molecular formula is C12H10BrN5O3. The van der Waals surface area contributed by atoms with Gasteiger partial charge in [-0.2, -0.15) is 10.2 Å². The molecule has 0 aliphatic rings. The first-order valence-electron chi connectivity index (χ1n) is 5.80. The number of carbonyl (C=O) groups excluding carboxylic acids is 1. The Morgan fingerprint density at radius 1 is 1.43 bits per heavy atom. The maximum atomic E-state index is 11.6. The van der Waals surface area contributed by atoms with Crippen LogP contribution in [0.5, 0.6) is 0 Å². The number of hydrogen-bond donors (Lipinski definition) is 3. The Morgan fingerprint density at radius 2 is 2.24 bits per heavy atom. The molecule has 2 rings (SSSR count). The van der Waals surface area contributed by atoms with Crippen molar-refractivity contribution in [3.05, 3.63) is 60.8 Å². The van der Waals surface area contributed by atoms with Crippen molar-refractivity contribution in [1.82, 2.24) is 20.6 Å². The number of benzene rings is 1. The van der Waals surface area contributed by atoms with E-state index in [-0.39, 0.29) is 12.1 Å². The molecule has 1 heterocycles. The monoisotopic (exact) mass is 351 g/mol. The van der Waals surface area contributed by atoms with E-state index in [1.54, 1.807) is 0 Å². The van der Waals surface area contributed by atoms with Gasteiger partial charge in [-0.25, -0.2) is 15.3 Å². The fourth-order valence-corrected chi connectivity index (χ4v) is 1.87. The normalized spacial score (nSPS) is 10.7. The Bertz CT molecular complexity index is 796. The van der Waals surface area contributed by atoms with Gasteiger partial charge in [0.15, 0.2) is 0 Å². The van der Waals surface area contributed by atoms with E-state index >= 15 is 0 Å². The van der Waals surface area contributed by atoms with Crippen molar-refractivity contribution in [2.24, 2.45) is 5.10 Å². The average molecular weight is 352 g/mol. The minimum atomic E-state index is -0.725. The molecule has 3 N–H and O–H groups in total. The lowest BCUT2D eigenvalue weighted by atomic mass is 10.2. The maximum absolute atomic E-state index is 11.6. The third-order valence-corrected chi connectivity index (χ3v) is 2.85. The number of carbonyl (C=O) groups is 1. The predicted octanol–water partition coefficient (Wildman–Crippen LogP) is -0.0865. The minimum Gasteiger partial charge on any atom is -0.273 e. The van der Waals surface area contributed by atoms with Gasteiger partial charge in [-0.15, -0.1) is 0 Å². The van der Waals surface area contributed by atoms with Crippen molar-refractivity contribution in [1.29, 1.82) is 0 Å². The van der Waals surface area contributed by atoms with Crippen molar-refractivity contribution in [2.45, 2.75) is 6.42 Å². The molecule has 0 bridgehead atoms. The zero-order chi connectivity index (χ0) is 15.2. The van der Waals surface area contributed by atoms with Crippen LogP contribution in [-0.2, 0) is 11.2 Å². The van der Waals surface area contributed by atoms with Gasteiger partial charge in [0.2, 0.25) is 5.91 Å². The van der Waals surface area contributed by atoms with Gasteiger partial charge in [0.05, 0.1) is 12.6 Å². The van der Waals surface area contributed by atoms with Crippen LogP contribution in [0.15, 0.2) is 43.4 Å². The molecule has 0 atom stereocenters. The van der Waals surface area contributed by atoms with Gasteiger partial charge < -0.3 is 0 Å². The molecule has 1 aromatic carbocycles. The van der Waals surface area contributed by atoms with E-state index in [9.17, 15) is 14.4 Å². The number of hydrazone groups is 1. The predicted molar refractivity (Wildman–Crippen MR) is 79.1 cm³/mol. The van der Waals surface area contributed by atoms with E-state index in [1.807, 2.05) is 34.3 Å². The number of nitrogens with one attached hydrogen (secondary N) is 3. The third kappa shape index (κ3) is 4.49. The van der Waals surface area contributed by atoms with Gasteiger partial charge in [-0.05, 0) is 17.7 Å². The Hall–Kier alpha value is -2.55. The molecule has 8 nitrogen and oxygen atoms in total. The molecule has 0 radical (unpaired) electrons. The van der Waals surface area contributed by atoms with Crippen molar-refractivity contribution >= 4 is 28.1 Å². The summed E-state index contributed by atoms with van der Waals surface area (Å²) in [5.41, 5.74) is 1.55. The zero-order valence-electron chi connectivity index (χ0n) is 10.6. The molecule has 0 aliphatic heterocycles. The fraction of sp³-hybridized carbons (Fsp3) is 0.0833. The second kappa shape index (κ2) is 6.75. The van der Waals surface area contributed by atoms with Crippen LogP contribution in [0.25, 0.3) is 0 Å². The molecule has 108 valence electrons. The van der Waals surface area contributed by atoms with Gasteiger partial charge in [0, 0.05) is 4.47 Å². The number of hydrogen-bond acceptors (Lipinski definition) is 5. The summed E-state index contributed by atoms with van der Waals surface area (Å²) in [6, 6.07) is 7.33. The number of nitrogens with zero attached hydrogens (tertiary/aromatic N) is 2. The highest BCUT2D eigenvalue weighted by Crippen LogP contribution is 2.09. The van der Waals surface area contributed by atoms with E-state index in [0.717, 1.165) is 10.0 Å². The number of amides is 1. The first kappa shape index (κ1) is 14.9. The Kier molecular flexibility index (Phi) is 4.77. The Balaban J connectivity index is 1.96. The maximum Gasteiger partial charge on any atom is 0.342 e. The second-order valence-corrected chi connectivity index (χ2v) is 4.89. The van der Waals surface area contributed by atoms with Crippen LogP contribution >= 0.6 is 15.9 Å². The number of H-pyrrole nitrogens is 2. The molecule has 0 saturated carbocycles. The second-order valence-electron chi connectivity index (χ2n) is 3.98. The van der Waals surface area contributed by atoms with Crippen LogP contribution in [0.1, 0.15) is 11.3 Å². The average Bonchev–Trinajstić information content (AvgIpc) is 2.42. The highest BCUT2D eigenvalue weighted by atomic mass is 79.9. The van der Waals surface area contributed by atoms with Gasteiger partial charge >= 0.3 is 5.69 Å². The fourth-order valence-electron chi connectivity index (χ4n) is 1.45. The lowest BCUT2D eigenvalue weighted by Gasteiger charge is -1.98. The molecule has 1 aromatic heterocycles. The van der Waals surface area contributed by atoms with Crippen molar-refractivity contribution in [2.75, 3.05) is 0 Å². The van der Waals surface area contributed by atoms with E-state index in [4.69, 9.17) is 0 Å². The van der Waals surface area contributed by atoms with E-state index < -0.39 is 17.2 Å². The molecule has 1 amide bonds. The van der Waals surface area contributed by atoms with Crippen LogP contribution < -0.4 is 16.7 Å². The summed E-state index contributed by atoms with van der Waals surface area (Å²) in [7, 11) is 0. The molecule has 0 unspecified atom stereocenters. The smallest absolute Gasteiger partial charge is 0.273 e. The number of halogens is 1. The number of rotatable bonds is 4. The molecule has 0 spiro atoms. The first-order chi connectivity index (χ1) is 10.0. The van der Waals surface area contributed by atoms with Crippen LogP contribution in [0.2, 0.25) is 0 Å². The SMILES string of the molecule is O=C(Cc1n[nH]c(=O)[nH]c1=O)N/N=C\c1cccc(Br)c1. The molecule has 0 fully saturated rings. The summed E-state index contributed by atoms with van der Waals surface area (Å²) in [6.07, 6.45) is 1.18. The molecule has 0 saturated heterocycles. The topological polar surface area (TPSA) is 120 Å². The summed E-state index contributed by atoms with van der Waals surface area (Å²) < 4.78 is 0.891. The Morgan fingerprint density at radius 3 is 2.95 bits per heavy atom. The summed E-state index contributed by atoms with van der Waals surface area (Å²) >= 11 is 3.32. The highest BCUT2D eigenvalue weighted by Gasteiger charge is 2.08. The zero-order valence-corrected chi connectivity index (χ0v) is 12.2. The molecule has 2 aromatic rings. The lowest BCUT2D eigenvalue weighted by Crippen LogP contribution is -2.31. The third-order valence-electron chi connectivity index (χ3n) is 2.36. The number of aromatic amines is 2. The van der Waals surface area contributed by atoms with Crippen molar-refractivity contribution in [3.8, 4) is 0 Å². The molecule has 9 heteroatoms. The van der Waals surface area contributed by atoms with E-state index in [0.29, 0.717) is 0 Å². The minimum absolute atomic E-state index is 0.0928. The summed E-state index contributed by atoms with van der Waals surface area (Å²) in [5, 5.41) is 9.31. The van der Waals surface area contributed by atoms with Crippen molar-refractivity contribution in [3.63, 3.8) is 0 Å². The van der Waals surface area contributed by atoms with Gasteiger partial charge in [-0.3, -0.25) is 14.6 Å². The van der Waals surface area contributed by atoms with Crippen LogP contribution in [0, 0.1) is 0 Å². The first-order valence-corrected chi connectivity index (χ1v) is 6.59. The van der Waals surface area contributed by atoms with Gasteiger partial charge in [0.1, 0.15) is 5.69 Å². The van der Waals surface area contributed by atoms with Crippen LogP contribution in [-0.4, -0.2) is 27.3 Å². The summed E-state index contributed by atoms with van der Waals surface area (Å²) in [4.78, 5) is 35.7. The lowest BCUT2D eigenvalue weighted by molar-refractivity contribution is -0.120. The van der Waals surface area contributed by atoms with Gasteiger partial charge in [-0.1, -0.05) is 28.1 Å². The van der Waals surface area contributed by atoms with E-state index in [2.05, 4.69) is 31.6 Å².